The molecule has 0 saturated carbocycles. The van der Waals surface area contributed by atoms with Crippen molar-refractivity contribution in [3.8, 4) is 0 Å². The Morgan fingerprint density at radius 1 is 0.256 bits per heavy atom. The molecule has 0 aromatic heterocycles. The van der Waals surface area contributed by atoms with E-state index in [9.17, 15) is 14.4 Å². The highest BCUT2D eigenvalue weighted by molar-refractivity contribution is 5.71. The molecule has 82 heavy (non-hydrogen) atoms. The molecule has 1 atom stereocenters. The van der Waals surface area contributed by atoms with E-state index >= 15 is 0 Å². The molecule has 0 bridgehead atoms. The van der Waals surface area contributed by atoms with E-state index in [-0.39, 0.29) is 37.5 Å². The molecule has 0 aliphatic carbocycles. The monoisotopic (exact) mass is 1140 g/mol. The first-order valence-corrected chi connectivity index (χ1v) is 34.5. The Kier molecular flexibility index (Phi) is 65.8. The summed E-state index contributed by atoms with van der Waals surface area (Å²) in [5, 5.41) is 0. The number of unbranched alkanes of at least 4 members (excludes halogenated alkanes) is 31. The Bertz CT molecular complexity index is 1690. The lowest BCUT2D eigenvalue weighted by Crippen LogP contribution is -2.30. The molecule has 0 aromatic rings. The van der Waals surface area contributed by atoms with E-state index in [1.807, 2.05) is 0 Å². The van der Waals surface area contributed by atoms with Crippen molar-refractivity contribution in [2.24, 2.45) is 0 Å². The van der Waals surface area contributed by atoms with Crippen LogP contribution < -0.4 is 0 Å². The van der Waals surface area contributed by atoms with Gasteiger partial charge in [0.05, 0.1) is 0 Å². The van der Waals surface area contributed by atoms with Gasteiger partial charge in [-0.05, 0) is 128 Å². The van der Waals surface area contributed by atoms with Gasteiger partial charge >= 0.3 is 17.9 Å². The molecule has 0 heterocycles. The second-order valence-electron chi connectivity index (χ2n) is 22.7. The standard InChI is InChI=1S/C76H128O6/c1-4-7-10-13-16-19-22-25-28-29-30-31-32-33-34-35-36-37-38-39-40-41-42-43-44-45-46-47-49-51-54-57-60-63-66-69-75(78)81-72-73(71-80-74(77)68-65-62-59-56-53-50-27-24-21-18-15-12-9-6-3)82-76(79)70-67-64-61-58-55-52-48-26-23-20-17-14-11-8-5-2/h7-8,10-11,16-17,19-20,24-28,30-31,33-34,48,55,58,73H,4-6,9,12-15,18,21-23,29,32,35-47,49-54,56-57,59-72H2,1-3H3/b10-7-,11-8-,19-16-,20-17-,27-24-,28-25-,31-30-,34-33-,48-26-,58-55-. The first kappa shape index (κ1) is 77.8. The molecular formula is C76H128O6. The van der Waals surface area contributed by atoms with Crippen molar-refractivity contribution < 1.29 is 28.6 Å². The maximum atomic E-state index is 12.9. The number of rotatable bonds is 62. The van der Waals surface area contributed by atoms with Crippen LogP contribution in [0.3, 0.4) is 0 Å². The molecule has 0 radical (unpaired) electrons. The summed E-state index contributed by atoms with van der Waals surface area (Å²) in [7, 11) is 0. The van der Waals surface area contributed by atoms with Gasteiger partial charge < -0.3 is 14.2 Å². The molecule has 0 saturated heterocycles. The van der Waals surface area contributed by atoms with Gasteiger partial charge in [0.25, 0.3) is 0 Å². The molecule has 1 unspecified atom stereocenters. The van der Waals surface area contributed by atoms with Crippen molar-refractivity contribution in [1.29, 1.82) is 0 Å². The normalized spacial score (nSPS) is 12.9. The van der Waals surface area contributed by atoms with Crippen molar-refractivity contribution in [3.05, 3.63) is 122 Å². The molecule has 0 N–H and O–H groups in total. The average Bonchev–Trinajstić information content (AvgIpc) is 3.48. The number of hydrogen-bond donors (Lipinski definition) is 0. The molecule has 468 valence electrons. The molecule has 0 aromatic carbocycles. The quantitative estimate of drug-likeness (QED) is 0.0261. The highest BCUT2D eigenvalue weighted by Crippen LogP contribution is 2.17. The fourth-order valence-corrected chi connectivity index (χ4v) is 9.57. The highest BCUT2D eigenvalue weighted by atomic mass is 16.6. The van der Waals surface area contributed by atoms with Gasteiger partial charge in [-0.25, -0.2) is 0 Å². The largest absolute Gasteiger partial charge is 0.462 e. The van der Waals surface area contributed by atoms with Crippen molar-refractivity contribution in [3.63, 3.8) is 0 Å². The number of esters is 3. The fourth-order valence-electron chi connectivity index (χ4n) is 9.57. The zero-order valence-corrected chi connectivity index (χ0v) is 53.7. The molecule has 0 amide bonds. The van der Waals surface area contributed by atoms with E-state index in [1.54, 1.807) is 0 Å². The average molecular weight is 1140 g/mol. The van der Waals surface area contributed by atoms with E-state index in [0.29, 0.717) is 19.3 Å². The van der Waals surface area contributed by atoms with Gasteiger partial charge in [0.2, 0.25) is 0 Å². The van der Waals surface area contributed by atoms with Crippen LogP contribution in [0.1, 0.15) is 323 Å². The van der Waals surface area contributed by atoms with Crippen LogP contribution in [0.4, 0.5) is 0 Å². The minimum Gasteiger partial charge on any atom is -0.462 e. The Hall–Kier alpha value is -4.19. The van der Waals surface area contributed by atoms with Crippen molar-refractivity contribution in [2.75, 3.05) is 13.2 Å². The third-order valence-electron chi connectivity index (χ3n) is 14.7. The fraction of sp³-hybridized carbons (Fsp3) is 0.697. The maximum Gasteiger partial charge on any atom is 0.306 e. The lowest BCUT2D eigenvalue weighted by atomic mass is 10.0. The van der Waals surface area contributed by atoms with Gasteiger partial charge in [-0.2, -0.15) is 0 Å². The van der Waals surface area contributed by atoms with Crippen LogP contribution in [-0.4, -0.2) is 37.2 Å². The van der Waals surface area contributed by atoms with E-state index < -0.39 is 6.10 Å². The molecule has 0 aliphatic heterocycles. The number of allylic oxidation sites excluding steroid dienone is 20. The molecule has 0 spiro atoms. The first-order valence-electron chi connectivity index (χ1n) is 34.5. The SMILES string of the molecule is CC/C=C\C/C=C\C/C=C\C/C=C\C/C=C\CCCCCCCCCCCCCCCCCCCCCC(=O)OCC(COC(=O)CCCCCCC/C=C\CCCCCCC)OC(=O)CCCC/C=C\C/C=C\C/C=C\C/C=C\CC. The van der Waals surface area contributed by atoms with Gasteiger partial charge in [0.15, 0.2) is 6.10 Å². The van der Waals surface area contributed by atoms with Crippen molar-refractivity contribution >= 4 is 17.9 Å². The Labute approximate surface area is 507 Å². The summed E-state index contributed by atoms with van der Waals surface area (Å²) in [6, 6.07) is 0. The molecule has 0 rings (SSSR count). The Morgan fingerprint density at radius 2 is 0.476 bits per heavy atom. The molecule has 6 nitrogen and oxygen atoms in total. The molecular weight excluding hydrogens is 1010 g/mol. The van der Waals surface area contributed by atoms with Crippen molar-refractivity contribution in [2.45, 2.75) is 329 Å². The lowest BCUT2D eigenvalue weighted by molar-refractivity contribution is -0.167. The van der Waals surface area contributed by atoms with Gasteiger partial charge in [-0.1, -0.05) is 296 Å². The minimum atomic E-state index is -0.804. The second-order valence-corrected chi connectivity index (χ2v) is 22.7. The van der Waals surface area contributed by atoms with E-state index in [2.05, 4.69) is 142 Å². The number of hydrogen-bond acceptors (Lipinski definition) is 6. The third kappa shape index (κ3) is 66.6. The minimum absolute atomic E-state index is 0.0958. The predicted molar refractivity (Wildman–Crippen MR) is 357 cm³/mol. The van der Waals surface area contributed by atoms with Crippen LogP contribution in [0.15, 0.2) is 122 Å². The second kappa shape index (κ2) is 69.3. The van der Waals surface area contributed by atoms with Crippen LogP contribution in [0.5, 0.6) is 0 Å². The number of carbonyl (C=O) groups excluding carboxylic acids is 3. The van der Waals surface area contributed by atoms with Crippen LogP contribution in [-0.2, 0) is 28.6 Å². The van der Waals surface area contributed by atoms with Crippen LogP contribution in [0.2, 0.25) is 0 Å². The summed E-state index contributed by atoms with van der Waals surface area (Å²) in [6.07, 6.45) is 96.7. The van der Waals surface area contributed by atoms with Gasteiger partial charge in [0, 0.05) is 19.3 Å². The molecule has 0 fully saturated rings. The van der Waals surface area contributed by atoms with Gasteiger partial charge in [-0.3, -0.25) is 14.4 Å². The third-order valence-corrected chi connectivity index (χ3v) is 14.7. The summed E-state index contributed by atoms with van der Waals surface area (Å²) in [5.74, 6) is -0.937. The summed E-state index contributed by atoms with van der Waals surface area (Å²) in [6.45, 7) is 6.38. The van der Waals surface area contributed by atoms with E-state index in [4.69, 9.17) is 14.2 Å². The maximum absolute atomic E-state index is 12.9. The Balaban J connectivity index is 4.17. The Morgan fingerprint density at radius 3 is 0.780 bits per heavy atom. The van der Waals surface area contributed by atoms with E-state index in [0.717, 1.165) is 116 Å². The zero-order chi connectivity index (χ0) is 59.2. The summed E-state index contributed by atoms with van der Waals surface area (Å²) >= 11 is 0. The smallest absolute Gasteiger partial charge is 0.306 e. The predicted octanol–water partition coefficient (Wildman–Crippen LogP) is 23.9. The van der Waals surface area contributed by atoms with Crippen LogP contribution >= 0.6 is 0 Å². The summed E-state index contributed by atoms with van der Waals surface area (Å²) in [5.41, 5.74) is 0. The van der Waals surface area contributed by atoms with Crippen molar-refractivity contribution in [1.82, 2.24) is 0 Å². The lowest BCUT2D eigenvalue weighted by Gasteiger charge is -2.18. The number of carbonyl (C=O) groups is 3. The molecule has 6 heteroatoms. The summed E-state index contributed by atoms with van der Waals surface area (Å²) < 4.78 is 16.9. The summed E-state index contributed by atoms with van der Waals surface area (Å²) in [4.78, 5) is 38.3. The first-order chi connectivity index (χ1) is 40.5. The zero-order valence-electron chi connectivity index (χ0n) is 53.7. The topological polar surface area (TPSA) is 78.9 Å². The van der Waals surface area contributed by atoms with Crippen LogP contribution in [0.25, 0.3) is 0 Å². The van der Waals surface area contributed by atoms with Crippen LogP contribution in [0, 0.1) is 0 Å². The highest BCUT2D eigenvalue weighted by Gasteiger charge is 2.19. The van der Waals surface area contributed by atoms with Gasteiger partial charge in [-0.15, -0.1) is 0 Å². The number of ether oxygens (including phenoxy) is 3. The molecule has 0 aliphatic rings. The van der Waals surface area contributed by atoms with Gasteiger partial charge in [0.1, 0.15) is 13.2 Å². The van der Waals surface area contributed by atoms with E-state index in [1.165, 1.54) is 161 Å².